The van der Waals surface area contributed by atoms with Gasteiger partial charge in [-0.2, -0.15) is 0 Å². The van der Waals surface area contributed by atoms with Crippen molar-refractivity contribution in [2.24, 2.45) is 0 Å². The lowest BCUT2D eigenvalue weighted by atomic mass is 10.00. The number of rotatable bonds is 8. The average Bonchev–Trinajstić information content (AvgIpc) is 2.39. The van der Waals surface area contributed by atoms with Crippen molar-refractivity contribution in [3.63, 3.8) is 0 Å². The smallest absolute Gasteiger partial charge is 0.162 e. The number of benzene rings is 1. The second-order valence-electron chi connectivity index (χ2n) is 4.66. The van der Waals surface area contributed by atoms with Crippen LogP contribution in [-0.2, 0) is 6.42 Å². The molecular formula is C16H24O2. The Labute approximate surface area is 110 Å². The van der Waals surface area contributed by atoms with Gasteiger partial charge in [0.25, 0.3) is 0 Å². The Bertz CT molecular complexity index is 383. The highest BCUT2D eigenvalue weighted by molar-refractivity contribution is 5.96. The molecule has 0 saturated heterocycles. The van der Waals surface area contributed by atoms with Crippen LogP contribution >= 0.6 is 0 Å². The van der Waals surface area contributed by atoms with E-state index in [1.54, 1.807) is 7.11 Å². The summed E-state index contributed by atoms with van der Waals surface area (Å²) in [6.07, 6.45) is 5.94. The van der Waals surface area contributed by atoms with Crippen LogP contribution in [0.25, 0.3) is 0 Å². The van der Waals surface area contributed by atoms with E-state index >= 15 is 0 Å². The number of aryl methyl sites for hydroxylation is 1. The van der Waals surface area contributed by atoms with Crippen molar-refractivity contribution < 1.29 is 9.53 Å². The fourth-order valence-electron chi connectivity index (χ4n) is 2.10. The highest BCUT2D eigenvalue weighted by atomic mass is 16.5. The van der Waals surface area contributed by atoms with Crippen molar-refractivity contribution in [1.82, 2.24) is 0 Å². The van der Waals surface area contributed by atoms with Crippen LogP contribution in [0.4, 0.5) is 0 Å². The van der Waals surface area contributed by atoms with Crippen LogP contribution in [0.2, 0.25) is 0 Å². The zero-order valence-corrected chi connectivity index (χ0v) is 11.8. The molecule has 0 spiro atoms. The monoisotopic (exact) mass is 248 g/mol. The van der Waals surface area contributed by atoms with Gasteiger partial charge in [0.2, 0.25) is 0 Å². The zero-order chi connectivity index (χ0) is 13.4. The van der Waals surface area contributed by atoms with Gasteiger partial charge in [-0.1, -0.05) is 33.1 Å². The van der Waals surface area contributed by atoms with Crippen LogP contribution < -0.4 is 4.74 Å². The number of carbonyl (C=O) groups is 1. The normalized spacial score (nSPS) is 10.4. The quantitative estimate of drug-likeness (QED) is 0.503. The molecule has 0 aliphatic rings. The molecule has 0 radical (unpaired) electrons. The van der Waals surface area contributed by atoms with Gasteiger partial charge in [0, 0.05) is 12.0 Å². The van der Waals surface area contributed by atoms with E-state index in [1.807, 2.05) is 18.2 Å². The lowest BCUT2D eigenvalue weighted by molar-refractivity contribution is 0.0979. The number of hydrogen-bond acceptors (Lipinski definition) is 2. The molecule has 0 aliphatic carbocycles. The van der Waals surface area contributed by atoms with Crippen molar-refractivity contribution in [3.05, 3.63) is 29.3 Å². The molecule has 1 aromatic carbocycles. The second kappa shape index (κ2) is 7.91. The average molecular weight is 248 g/mol. The molecule has 1 rings (SSSR count). The number of hydrogen-bond donors (Lipinski definition) is 0. The third-order valence-corrected chi connectivity index (χ3v) is 3.13. The fraction of sp³-hybridized carbons (Fsp3) is 0.562. The molecule has 100 valence electrons. The van der Waals surface area contributed by atoms with E-state index in [0.29, 0.717) is 6.42 Å². The summed E-state index contributed by atoms with van der Waals surface area (Å²) in [7, 11) is 1.68. The maximum absolute atomic E-state index is 12.0. The molecule has 0 N–H and O–H groups in total. The van der Waals surface area contributed by atoms with Crippen LogP contribution in [0.3, 0.4) is 0 Å². The van der Waals surface area contributed by atoms with Gasteiger partial charge in [-0.25, -0.2) is 0 Å². The number of methoxy groups -OCH3 is 1. The Kier molecular flexibility index (Phi) is 6.48. The van der Waals surface area contributed by atoms with Gasteiger partial charge in [0.15, 0.2) is 5.78 Å². The van der Waals surface area contributed by atoms with Crippen LogP contribution in [-0.4, -0.2) is 12.9 Å². The molecule has 0 heterocycles. The van der Waals surface area contributed by atoms with E-state index < -0.39 is 0 Å². The maximum Gasteiger partial charge on any atom is 0.162 e. The summed E-state index contributed by atoms with van der Waals surface area (Å²) < 4.78 is 5.32. The molecule has 0 aliphatic heterocycles. The summed E-state index contributed by atoms with van der Waals surface area (Å²) in [6.45, 7) is 4.28. The molecule has 0 atom stereocenters. The highest BCUT2D eigenvalue weighted by Gasteiger charge is 2.09. The van der Waals surface area contributed by atoms with Crippen molar-refractivity contribution >= 4 is 5.78 Å². The fourth-order valence-corrected chi connectivity index (χ4v) is 2.10. The summed E-state index contributed by atoms with van der Waals surface area (Å²) in [5, 5.41) is 0. The van der Waals surface area contributed by atoms with E-state index in [9.17, 15) is 4.79 Å². The van der Waals surface area contributed by atoms with Crippen LogP contribution in [0, 0.1) is 0 Å². The first kappa shape index (κ1) is 14.7. The number of unbranched alkanes of at least 4 members (excludes halogenated alkanes) is 2. The summed E-state index contributed by atoms with van der Waals surface area (Å²) in [5.41, 5.74) is 1.97. The highest BCUT2D eigenvalue weighted by Crippen LogP contribution is 2.22. The van der Waals surface area contributed by atoms with Crippen LogP contribution in [0.5, 0.6) is 5.75 Å². The van der Waals surface area contributed by atoms with Crippen molar-refractivity contribution in [1.29, 1.82) is 0 Å². The van der Waals surface area contributed by atoms with Crippen molar-refractivity contribution in [3.8, 4) is 5.75 Å². The molecule has 1 aromatic rings. The third kappa shape index (κ3) is 4.17. The summed E-state index contributed by atoms with van der Waals surface area (Å²) in [5.74, 6) is 1.14. The Hall–Kier alpha value is -1.31. The minimum Gasteiger partial charge on any atom is -0.496 e. The van der Waals surface area contributed by atoms with E-state index in [4.69, 9.17) is 4.74 Å². The van der Waals surface area contributed by atoms with Crippen LogP contribution in [0.15, 0.2) is 18.2 Å². The van der Waals surface area contributed by atoms with Gasteiger partial charge in [-0.05, 0) is 36.6 Å². The maximum atomic E-state index is 12.0. The Balaban J connectivity index is 2.76. The molecule has 0 amide bonds. The minimum atomic E-state index is 0.253. The summed E-state index contributed by atoms with van der Waals surface area (Å²) in [4.78, 5) is 12.0. The predicted octanol–water partition coefficient (Wildman–Crippen LogP) is 4.41. The van der Waals surface area contributed by atoms with Gasteiger partial charge < -0.3 is 4.74 Å². The third-order valence-electron chi connectivity index (χ3n) is 3.13. The van der Waals surface area contributed by atoms with E-state index in [1.165, 1.54) is 0 Å². The molecule has 0 bridgehead atoms. The standard InChI is InChI=1S/C16H24O2/c1-4-6-7-9-15(17)13-10-11-16(18-3)14(12-13)8-5-2/h10-12H,4-9H2,1-3H3. The molecule has 0 aromatic heterocycles. The van der Waals surface area contributed by atoms with Gasteiger partial charge in [0.05, 0.1) is 7.11 Å². The molecular weight excluding hydrogens is 224 g/mol. The SMILES string of the molecule is CCCCCC(=O)c1ccc(OC)c(CCC)c1. The number of ketones is 1. The first-order valence-electron chi connectivity index (χ1n) is 6.93. The number of carbonyl (C=O) groups excluding carboxylic acids is 1. The lowest BCUT2D eigenvalue weighted by Gasteiger charge is -2.09. The van der Waals surface area contributed by atoms with Crippen LogP contribution in [0.1, 0.15) is 61.9 Å². The van der Waals surface area contributed by atoms with E-state index in [0.717, 1.165) is 49.0 Å². The van der Waals surface area contributed by atoms with Gasteiger partial charge in [0.1, 0.15) is 5.75 Å². The molecule has 2 nitrogen and oxygen atoms in total. The Morgan fingerprint density at radius 3 is 2.56 bits per heavy atom. The van der Waals surface area contributed by atoms with Crippen molar-refractivity contribution in [2.75, 3.05) is 7.11 Å². The number of Topliss-reactive ketones (excluding diaryl/α,β-unsaturated/α-hetero) is 1. The summed E-state index contributed by atoms with van der Waals surface area (Å²) in [6, 6.07) is 5.79. The van der Waals surface area contributed by atoms with E-state index in [-0.39, 0.29) is 5.78 Å². The first-order valence-corrected chi connectivity index (χ1v) is 6.93. The first-order chi connectivity index (χ1) is 8.72. The largest absolute Gasteiger partial charge is 0.496 e. The molecule has 0 unspecified atom stereocenters. The number of ether oxygens (including phenoxy) is 1. The molecule has 0 fully saturated rings. The summed E-state index contributed by atoms with van der Waals surface area (Å²) >= 11 is 0. The lowest BCUT2D eigenvalue weighted by Crippen LogP contribution is -2.01. The predicted molar refractivity (Wildman–Crippen MR) is 75.5 cm³/mol. The topological polar surface area (TPSA) is 26.3 Å². The zero-order valence-electron chi connectivity index (χ0n) is 11.8. The second-order valence-corrected chi connectivity index (χ2v) is 4.66. The van der Waals surface area contributed by atoms with Crippen molar-refractivity contribution in [2.45, 2.75) is 52.4 Å². The minimum absolute atomic E-state index is 0.253. The van der Waals surface area contributed by atoms with Gasteiger partial charge >= 0.3 is 0 Å². The van der Waals surface area contributed by atoms with Gasteiger partial charge in [-0.15, -0.1) is 0 Å². The molecule has 18 heavy (non-hydrogen) atoms. The Morgan fingerprint density at radius 2 is 1.94 bits per heavy atom. The Morgan fingerprint density at radius 1 is 1.17 bits per heavy atom. The van der Waals surface area contributed by atoms with E-state index in [2.05, 4.69) is 13.8 Å². The van der Waals surface area contributed by atoms with Gasteiger partial charge in [-0.3, -0.25) is 4.79 Å². The molecule has 2 heteroatoms. The molecule has 0 saturated carbocycles.